The molecule has 0 spiro atoms. The predicted molar refractivity (Wildman–Crippen MR) is 91.4 cm³/mol. The summed E-state index contributed by atoms with van der Waals surface area (Å²) in [5.41, 5.74) is 2.66. The first-order chi connectivity index (χ1) is 11.2. The van der Waals surface area contributed by atoms with Gasteiger partial charge in [0.1, 0.15) is 12.4 Å². The molecule has 23 heavy (non-hydrogen) atoms. The van der Waals surface area contributed by atoms with Crippen LogP contribution in [0, 0.1) is 0 Å². The Morgan fingerprint density at radius 2 is 2.04 bits per heavy atom. The summed E-state index contributed by atoms with van der Waals surface area (Å²) >= 11 is 1.47. The Kier molecular flexibility index (Phi) is 4.68. The lowest BCUT2D eigenvalue weighted by molar-refractivity contribution is -0.138. The molecule has 0 aliphatic rings. The van der Waals surface area contributed by atoms with Crippen LogP contribution in [-0.4, -0.2) is 18.1 Å². The van der Waals surface area contributed by atoms with Crippen molar-refractivity contribution in [2.24, 2.45) is 0 Å². The number of ether oxygens (including phenoxy) is 2. The molecule has 0 aliphatic heterocycles. The van der Waals surface area contributed by atoms with Crippen LogP contribution in [0.5, 0.6) is 5.75 Å². The fourth-order valence-electron chi connectivity index (χ4n) is 2.15. The zero-order valence-corrected chi connectivity index (χ0v) is 13.4. The van der Waals surface area contributed by atoms with Crippen LogP contribution in [0.1, 0.15) is 10.4 Å². The summed E-state index contributed by atoms with van der Waals surface area (Å²) in [7, 11) is 1.65. The highest BCUT2D eigenvalue weighted by Gasteiger charge is 2.02. The number of fused-ring (bicyclic) bond motifs is 1. The normalized spacial score (nSPS) is 11.0. The second kappa shape index (κ2) is 7.07. The van der Waals surface area contributed by atoms with Gasteiger partial charge in [-0.3, -0.25) is 4.98 Å². The van der Waals surface area contributed by atoms with Crippen LogP contribution in [0.15, 0.2) is 54.2 Å². The van der Waals surface area contributed by atoms with Gasteiger partial charge in [-0.1, -0.05) is 18.2 Å². The van der Waals surface area contributed by atoms with E-state index in [4.69, 9.17) is 9.47 Å². The molecule has 2 aromatic carbocycles. The van der Waals surface area contributed by atoms with Gasteiger partial charge in [0, 0.05) is 17.2 Å². The zero-order chi connectivity index (χ0) is 16.1. The van der Waals surface area contributed by atoms with Gasteiger partial charge in [0.25, 0.3) is 0 Å². The quantitative estimate of drug-likeness (QED) is 0.524. The Morgan fingerprint density at radius 1 is 1.22 bits per heavy atom. The number of aromatic nitrogens is 1. The minimum Gasteiger partial charge on any atom is -0.497 e. The van der Waals surface area contributed by atoms with Crippen molar-refractivity contribution in [3.8, 4) is 5.75 Å². The minimum absolute atomic E-state index is 0.244. The highest BCUT2D eigenvalue weighted by atomic mass is 32.1. The fraction of sp³-hybridized carbons (Fsp3) is 0.111. The van der Waals surface area contributed by atoms with E-state index in [0.717, 1.165) is 27.0 Å². The zero-order valence-electron chi connectivity index (χ0n) is 12.6. The molecule has 1 aromatic heterocycles. The summed E-state index contributed by atoms with van der Waals surface area (Å²) in [6.07, 6.45) is 4.82. The van der Waals surface area contributed by atoms with Gasteiger partial charge in [-0.25, -0.2) is 4.79 Å². The Bertz CT molecular complexity index is 841. The summed E-state index contributed by atoms with van der Waals surface area (Å²) in [4.78, 5) is 16.6. The van der Waals surface area contributed by atoms with E-state index in [1.165, 1.54) is 17.4 Å². The van der Waals surface area contributed by atoms with Crippen molar-refractivity contribution in [3.05, 3.63) is 64.6 Å². The first-order valence-electron chi connectivity index (χ1n) is 7.04. The number of thiazole rings is 1. The number of methoxy groups -OCH3 is 1. The Morgan fingerprint density at radius 3 is 2.83 bits per heavy atom. The molecule has 5 heteroatoms. The van der Waals surface area contributed by atoms with Crippen molar-refractivity contribution in [1.29, 1.82) is 0 Å². The van der Waals surface area contributed by atoms with Crippen molar-refractivity contribution in [1.82, 2.24) is 4.98 Å². The summed E-state index contributed by atoms with van der Waals surface area (Å²) in [6.45, 7) is 0.244. The molecule has 116 valence electrons. The average molecular weight is 325 g/mol. The molecule has 0 saturated carbocycles. The smallest absolute Gasteiger partial charge is 0.331 e. The van der Waals surface area contributed by atoms with E-state index in [1.807, 2.05) is 36.4 Å². The van der Waals surface area contributed by atoms with E-state index in [1.54, 1.807) is 24.9 Å². The lowest BCUT2D eigenvalue weighted by Crippen LogP contribution is -2.00. The van der Waals surface area contributed by atoms with Gasteiger partial charge >= 0.3 is 5.97 Å². The number of esters is 1. The van der Waals surface area contributed by atoms with Gasteiger partial charge in [0.15, 0.2) is 0 Å². The number of hydrogen-bond acceptors (Lipinski definition) is 5. The molecular formula is C18H15NO3S. The van der Waals surface area contributed by atoms with Crippen LogP contribution in [0.2, 0.25) is 0 Å². The van der Waals surface area contributed by atoms with Crippen LogP contribution in [0.25, 0.3) is 16.8 Å². The third-order valence-corrected chi connectivity index (χ3v) is 4.07. The molecule has 3 aromatic rings. The summed E-state index contributed by atoms with van der Waals surface area (Å²) in [6, 6.07) is 11.8. The molecule has 0 saturated heterocycles. The highest BCUT2D eigenvalue weighted by molar-refractivity contribution is 7.10. The van der Waals surface area contributed by atoms with Gasteiger partial charge in [-0.15, -0.1) is 11.3 Å². The van der Waals surface area contributed by atoms with E-state index < -0.39 is 0 Å². The SMILES string of the molecule is COc1ccc2cc(COC(=O)/C=C/c3cncs3)ccc2c1. The first-order valence-corrected chi connectivity index (χ1v) is 7.92. The third-order valence-electron chi connectivity index (χ3n) is 3.33. The summed E-state index contributed by atoms with van der Waals surface area (Å²) < 4.78 is 10.5. The van der Waals surface area contributed by atoms with Gasteiger partial charge in [-0.05, 0) is 40.6 Å². The predicted octanol–water partition coefficient (Wildman–Crippen LogP) is 4.06. The topological polar surface area (TPSA) is 48.4 Å². The van der Waals surface area contributed by atoms with Crippen molar-refractivity contribution >= 4 is 34.2 Å². The number of carbonyl (C=O) groups is 1. The molecule has 0 unspecified atom stereocenters. The maximum absolute atomic E-state index is 11.7. The van der Waals surface area contributed by atoms with Gasteiger partial charge in [-0.2, -0.15) is 0 Å². The largest absolute Gasteiger partial charge is 0.497 e. The molecule has 0 aliphatic carbocycles. The second-order valence-electron chi connectivity index (χ2n) is 4.89. The van der Waals surface area contributed by atoms with Crippen molar-refractivity contribution < 1.29 is 14.3 Å². The summed E-state index contributed by atoms with van der Waals surface area (Å²) in [5, 5.41) is 2.17. The highest BCUT2D eigenvalue weighted by Crippen LogP contribution is 2.22. The van der Waals surface area contributed by atoms with Gasteiger partial charge in [0.05, 0.1) is 12.6 Å². The van der Waals surface area contributed by atoms with Crippen LogP contribution in [0.3, 0.4) is 0 Å². The number of hydrogen-bond donors (Lipinski definition) is 0. The van der Waals surface area contributed by atoms with Crippen LogP contribution >= 0.6 is 11.3 Å². The maximum Gasteiger partial charge on any atom is 0.331 e. The molecule has 3 rings (SSSR count). The van der Waals surface area contributed by atoms with Gasteiger partial charge < -0.3 is 9.47 Å². The van der Waals surface area contributed by atoms with Crippen LogP contribution in [-0.2, 0) is 16.1 Å². The molecule has 0 bridgehead atoms. The number of rotatable bonds is 5. The van der Waals surface area contributed by atoms with E-state index in [0.29, 0.717) is 0 Å². The van der Waals surface area contributed by atoms with Crippen molar-refractivity contribution in [2.45, 2.75) is 6.61 Å². The molecule has 1 heterocycles. The fourth-order valence-corrected chi connectivity index (χ4v) is 2.66. The molecule has 0 fully saturated rings. The average Bonchev–Trinajstić information content (AvgIpc) is 3.11. The van der Waals surface area contributed by atoms with E-state index in [9.17, 15) is 4.79 Å². The Labute approximate surface area is 138 Å². The number of benzene rings is 2. The van der Waals surface area contributed by atoms with Crippen LogP contribution in [0.4, 0.5) is 0 Å². The molecule has 0 radical (unpaired) electrons. The van der Waals surface area contributed by atoms with E-state index >= 15 is 0 Å². The third kappa shape index (κ3) is 3.96. The first kappa shape index (κ1) is 15.2. The Hall–Kier alpha value is -2.66. The lowest BCUT2D eigenvalue weighted by Gasteiger charge is -2.06. The molecular weight excluding hydrogens is 310 g/mol. The van der Waals surface area contributed by atoms with Crippen molar-refractivity contribution in [2.75, 3.05) is 7.11 Å². The van der Waals surface area contributed by atoms with Gasteiger partial charge in [0.2, 0.25) is 0 Å². The number of nitrogens with zero attached hydrogens (tertiary/aromatic N) is 1. The standard InChI is InChI=1S/C18H15NO3S/c1-21-16-5-4-14-8-13(2-3-15(14)9-16)11-22-18(20)7-6-17-10-19-12-23-17/h2-10,12H,11H2,1H3/b7-6+. The summed E-state index contributed by atoms with van der Waals surface area (Å²) in [5.74, 6) is 0.457. The molecule has 0 amide bonds. The number of carbonyl (C=O) groups excluding carboxylic acids is 1. The molecule has 0 atom stereocenters. The van der Waals surface area contributed by atoms with Crippen LogP contribution < -0.4 is 4.74 Å². The monoisotopic (exact) mass is 325 g/mol. The molecule has 0 N–H and O–H groups in total. The van der Waals surface area contributed by atoms with Crippen molar-refractivity contribution in [3.63, 3.8) is 0 Å². The van der Waals surface area contributed by atoms with E-state index in [2.05, 4.69) is 4.98 Å². The van der Waals surface area contributed by atoms with E-state index in [-0.39, 0.29) is 12.6 Å². The second-order valence-corrected chi connectivity index (χ2v) is 5.81. The minimum atomic E-state index is -0.367. The Balaban J connectivity index is 1.63. The lowest BCUT2D eigenvalue weighted by atomic mass is 10.1. The molecule has 4 nitrogen and oxygen atoms in total. The maximum atomic E-state index is 11.7.